The van der Waals surface area contributed by atoms with Gasteiger partial charge in [0.05, 0.1) is 12.3 Å². The molecular formula is C13H23N3O2. The van der Waals surface area contributed by atoms with Crippen LogP contribution < -0.4 is 10.6 Å². The monoisotopic (exact) mass is 253 g/mol. The highest BCUT2D eigenvalue weighted by atomic mass is 16.7. The molecule has 2 rings (SSSR count). The predicted molar refractivity (Wildman–Crippen MR) is 70.6 cm³/mol. The van der Waals surface area contributed by atoms with E-state index in [2.05, 4.69) is 15.8 Å². The Labute approximate surface area is 108 Å². The molecule has 102 valence electrons. The lowest BCUT2D eigenvalue weighted by Crippen LogP contribution is -2.48. The van der Waals surface area contributed by atoms with Gasteiger partial charge in [0.25, 0.3) is 0 Å². The summed E-state index contributed by atoms with van der Waals surface area (Å²) in [6.45, 7) is 4.40. The van der Waals surface area contributed by atoms with Crippen LogP contribution >= 0.6 is 0 Å². The molecule has 1 unspecified atom stereocenters. The summed E-state index contributed by atoms with van der Waals surface area (Å²) in [5.74, 6) is 0. The van der Waals surface area contributed by atoms with Gasteiger partial charge in [-0.15, -0.1) is 0 Å². The molecule has 0 bridgehead atoms. The van der Waals surface area contributed by atoms with Crippen molar-refractivity contribution < 1.29 is 9.63 Å². The Bertz CT molecular complexity index is 337. The van der Waals surface area contributed by atoms with Crippen LogP contribution in [0.2, 0.25) is 0 Å². The van der Waals surface area contributed by atoms with E-state index in [1.807, 2.05) is 13.8 Å². The second kappa shape index (κ2) is 5.59. The smallest absolute Gasteiger partial charge is 0.315 e. The van der Waals surface area contributed by atoms with Crippen LogP contribution in [0.5, 0.6) is 0 Å². The van der Waals surface area contributed by atoms with Crippen molar-refractivity contribution in [3.63, 3.8) is 0 Å². The Kier molecular flexibility index (Phi) is 4.09. The molecule has 0 aromatic rings. The van der Waals surface area contributed by atoms with Crippen molar-refractivity contribution in [3.05, 3.63) is 0 Å². The Balaban J connectivity index is 1.68. The van der Waals surface area contributed by atoms with Crippen molar-refractivity contribution in [1.82, 2.24) is 10.6 Å². The number of hydrogen-bond acceptors (Lipinski definition) is 3. The predicted octanol–water partition coefficient (Wildman–Crippen LogP) is 2.17. The molecule has 1 aliphatic carbocycles. The van der Waals surface area contributed by atoms with Gasteiger partial charge in [-0.25, -0.2) is 4.79 Å². The number of carbonyl (C=O) groups excluding carboxylic acids is 1. The summed E-state index contributed by atoms with van der Waals surface area (Å²) < 4.78 is 0. The third-order valence-corrected chi connectivity index (χ3v) is 3.61. The minimum absolute atomic E-state index is 0.0868. The number of amides is 2. The summed E-state index contributed by atoms with van der Waals surface area (Å²) in [6, 6.07) is 0.255. The van der Waals surface area contributed by atoms with E-state index in [-0.39, 0.29) is 11.6 Å². The van der Waals surface area contributed by atoms with Crippen LogP contribution in [0, 0.1) is 0 Å². The van der Waals surface area contributed by atoms with Crippen molar-refractivity contribution in [2.24, 2.45) is 5.16 Å². The summed E-state index contributed by atoms with van der Waals surface area (Å²) in [6.07, 6.45) is 6.71. The molecule has 1 heterocycles. The minimum Gasteiger partial charge on any atom is -0.387 e. The van der Waals surface area contributed by atoms with Gasteiger partial charge in [-0.1, -0.05) is 24.4 Å². The molecule has 2 N–H and O–H groups in total. The molecule has 0 aromatic carbocycles. The van der Waals surface area contributed by atoms with E-state index in [4.69, 9.17) is 4.84 Å². The fourth-order valence-electron chi connectivity index (χ4n) is 2.64. The summed E-state index contributed by atoms with van der Waals surface area (Å²) >= 11 is 0. The third-order valence-electron chi connectivity index (χ3n) is 3.61. The summed E-state index contributed by atoms with van der Waals surface area (Å²) in [5, 5.41) is 9.84. The molecule has 0 saturated heterocycles. The van der Waals surface area contributed by atoms with Gasteiger partial charge < -0.3 is 15.5 Å². The molecule has 0 radical (unpaired) electrons. The van der Waals surface area contributed by atoms with Gasteiger partial charge in [0, 0.05) is 12.5 Å². The molecule has 0 aromatic heterocycles. The average Bonchev–Trinajstić information content (AvgIpc) is 2.69. The lowest BCUT2D eigenvalue weighted by atomic mass is 9.96. The number of nitrogens with zero attached hydrogens (tertiary/aromatic N) is 1. The molecule has 1 atom stereocenters. The zero-order valence-electron chi connectivity index (χ0n) is 11.3. The van der Waals surface area contributed by atoms with Crippen molar-refractivity contribution in [2.75, 3.05) is 6.54 Å². The van der Waals surface area contributed by atoms with E-state index in [0.717, 1.165) is 25.0 Å². The van der Waals surface area contributed by atoms with Gasteiger partial charge in [-0.3, -0.25) is 0 Å². The molecule has 18 heavy (non-hydrogen) atoms. The first-order valence-electron chi connectivity index (χ1n) is 6.83. The number of urea groups is 1. The zero-order valence-corrected chi connectivity index (χ0v) is 11.3. The Morgan fingerprint density at radius 1 is 1.44 bits per heavy atom. The quantitative estimate of drug-likeness (QED) is 0.809. The van der Waals surface area contributed by atoms with E-state index in [9.17, 15) is 4.79 Å². The fraction of sp³-hybridized carbons (Fsp3) is 0.846. The van der Waals surface area contributed by atoms with Crippen LogP contribution in [0.25, 0.3) is 0 Å². The number of oxime groups is 1. The van der Waals surface area contributed by atoms with Crippen LogP contribution in [0.3, 0.4) is 0 Å². The maximum Gasteiger partial charge on any atom is 0.315 e. The van der Waals surface area contributed by atoms with Crippen LogP contribution in [-0.4, -0.2) is 29.9 Å². The molecule has 2 amide bonds. The summed E-state index contributed by atoms with van der Waals surface area (Å²) in [5.41, 5.74) is 0.598. The molecule has 1 aliphatic heterocycles. The van der Waals surface area contributed by atoms with Crippen LogP contribution in [0.15, 0.2) is 5.16 Å². The first-order chi connectivity index (χ1) is 8.57. The molecular weight excluding hydrogens is 230 g/mol. The van der Waals surface area contributed by atoms with Gasteiger partial charge in [0.15, 0.2) is 5.60 Å². The van der Waals surface area contributed by atoms with Gasteiger partial charge in [-0.2, -0.15) is 0 Å². The Morgan fingerprint density at radius 2 is 2.17 bits per heavy atom. The highest BCUT2D eigenvalue weighted by Crippen LogP contribution is 2.22. The van der Waals surface area contributed by atoms with E-state index in [1.54, 1.807) is 0 Å². The second-order valence-corrected chi connectivity index (χ2v) is 5.71. The van der Waals surface area contributed by atoms with E-state index in [0.29, 0.717) is 12.6 Å². The number of rotatable bonds is 3. The van der Waals surface area contributed by atoms with Crippen LogP contribution in [0.1, 0.15) is 52.4 Å². The highest BCUT2D eigenvalue weighted by Gasteiger charge is 2.33. The third kappa shape index (κ3) is 3.62. The van der Waals surface area contributed by atoms with Crippen molar-refractivity contribution in [1.29, 1.82) is 0 Å². The van der Waals surface area contributed by atoms with E-state index >= 15 is 0 Å². The normalized spacial score (nSPS) is 28.4. The molecule has 2 aliphatic rings. The molecule has 0 spiro atoms. The number of nitrogens with one attached hydrogen (secondary N) is 2. The van der Waals surface area contributed by atoms with Crippen LogP contribution in [0.4, 0.5) is 4.79 Å². The van der Waals surface area contributed by atoms with Gasteiger partial charge in [0.1, 0.15) is 0 Å². The maximum absolute atomic E-state index is 11.8. The minimum atomic E-state index is -0.381. The SMILES string of the molecule is CC1=NOC(C)(CNC(=O)NC2CCCCC2)C1. The topological polar surface area (TPSA) is 62.7 Å². The van der Waals surface area contributed by atoms with Gasteiger partial charge >= 0.3 is 6.03 Å². The van der Waals surface area contributed by atoms with Crippen molar-refractivity contribution in [2.45, 2.75) is 64.0 Å². The molecule has 5 heteroatoms. The van der Waals surface area contributed by atoms with Gasteiger partial charge in [0.2, 0.25) is 0 Å². The lowest BCUT2D eigenvalue weighted by molar-refractivity contribution is -0.000461. The maximum atomic E-state index is 11.8. The summed E-state index contributed by atoms with van der Waals surface area (Å²) in [4.78, 5) is 17.1. The highest BCUT2D eigenvalue weighted by molar-refractivity contribution is 5.83. The Hall–Kier alpha value is -1.26. The fourth-order valence-corrected chi connectivity index (χ4v) is 2.64. The largest absolute Gasteiger partial charge is 0.387 e. The van der Waals surface area contributed by atoms with Crippen molar-refractivity contribution in [3.8, 4) is 0 Å². The molecule has 1 saturated carbocycles. The van der Waals surface area contributed by atoms with Gasteiger partial charge in [-0.05, 0) is 26.7 Å². The average molecular weight is 253 g/mol. The zero-order chi connectivity index (χ0) is 13.0. The second-order valence-electron chi connectivity index (χ2n) is 5.71. The lowest BCUT2D eigenvalue weighted by Gasteiger charge is -2.25. The van der Waals surface area contributed by atoms with E-state index < -0.39 is 0 Å². The molecule has 5 nitrogen and oxygen atoms in total. The Morgan fingerprint density at radius 3 is 2.78 bits per heavy atom. The number of carbonyl (C=O) groups is 1. The summed E-state index contributed by atoms with van der Waals surface area (Å²) in [7, 11) is 0. The van der Waals surface area contributed by atoms with E-state index in [1.165, 1.54) is 19.3 Å². The first-order valence-corrected chi connectivity index (χ1v) is 6.83. The standard InChI is InChI=1S/C13H23N3O2/c1-10-8-13(2,18-16-10)9-14-12(17)15-11-6-4-3-5-7-11/h11H,3-9H2,1-2H3,(H2,14,15,17). The number of hydrogen-bond donors (Lipinski definition) is 2. The first kappa shape index (κ1) is 13.2. The van der Waals surface area contributed by atoms with Crippen molar-refractivity contribution >= 4 is 11.7 Å². The van der Waals surface area contributed by atoms with Crippen LogP contribution in [-0.2, 0) is 4.84 Å². The molecule has 1 fully saturated rings.